The normalized spacial score (nSPS) is 14.9. The van der Waals surface area contributed by atoms with Gasteiger partial charge in [0.1, 0.15) is 5.82 Å². The predicted molar refractivity (Wildman–Crippen MR) is 144 cm³/mol. The van der Waals surface area contributed by atoms with Crippen molar-refractivity contribution in [2.75, 3.05) is 33.4 Å². The molecule has 1 atom stereocenters. The number of Topliss-reactive ketones (excluding diaryl/α,β-unsaturated/α-hetero) is 1. The second kappa shape index (κ2) is 14.2. The van der Waals surface area contributed by atoms with Crippen LogP contribution in [0.1, 0.15) is 48.7 Å². The van der Waals surface area contributed by atoms with Gasteiger partial charge in [0.05, 0.1) is 19.4 Å². The first-order valence-corrected chi connectivity index (χ1v) is 12.8. The highest BCUT2D eigenvalue weighted by atomic mass is 19.1. The van der Waals surface area contributed by atoms with Crippen molar-refractivity contribution in [3.63, 3.8) is 0 Å². The first-order chi connectivity index (χ1) is 19.1. The van der Waals surface area contributed by atoms with Gasteiger partial charge in [-0.25, -0.2) is 14.0 Å². The summed E-state index contributed by atoms with van der Waals surface area (Å²) >= 11 is 0. The summed E-state index contributed by atoms with van der Waals surface area (Å²) in [6, 6.07) is 9.89. The topological polar surface area (TPSA) is 139 Å². The van der Waals surface area contributed by atoms with Gasteiger partial charge in [-0.1, -0.05) is 12.1 Å². The molecule has 1 saturated heterocycles. The number of methoxy groups -OCH3 is 1. The van der Waals surface area contributed by atoms with E-state index in [4.69, 9.17) is 24.2 Å². The monoisotopic (exact) mass is 556 g/mol. The maximum atomic E-state index is 13.4. The molecule has 2 N–H and O–H groups in total. The third-order valence-corrected chi connectivity index (χ3v) is 6.47. The van der Waals surface area contributed by atoms with Gasteiger partial charge >= 0.3 is 11.9 Å². The quantitative estimate of drug-likeness (QED) is 0.265. The lowest BCUT2D eigenvalue weighted by molar-refractivity contribution is -0.134. The van der Waals surface area contributed by atoms with Crippen molar-refractivity contribution < 1.29 is 43.0 Å². The van der Waals surface area contributed by atoms with E-state index in [1.54, 1.807) is 31.4 Å². The summed E-state index contributed by atoms with van der Waals surface area (Å²) in [5, 5.41) is 20.8. The number of aliphatic carboxylic acids is 2. The number of ketones is 1. The Kier molecular flexibility index (Phi) is 10.8. The zero-order valence-electron chi connectivity index (χ0n) is 22.6. The molecule has 1 aromatic heterocycles. The second-order valence-electron chi connectivity index (χ2n) is 9.63. The van der Waals surface area contributed by atoms with Crippen LogP contribution in [0.3, 0.4) is 0 Å². The molecule has 2 heterocycles. The standard InChI is InChI=1S/C25H29FN2O4.C4H4O4/c1-16(15-31-22-7-4-19(17(2)29)12-24(22)30-3)14-28-10-8-18(9-11-28)25-21-6-5-20(26)13-23(21)32-27-25;5-3(6)1-2-4(7)8/h4-7,12-13,16,18H,8-11,14-15H2,1-3H3;1-2H,(H,5,6)(H,7,8)/b;2-1+. The average Bonchev–Trinajstić information content (AvgIpc) is 3.34. The van der Waals surface area contributed by atoms with Gasteiger partial charge in [0.15, 0.2) is 22.9 Å². The summed E-state index contributed by atoms with van der Waals surface area (Å²) in [5.74, 6) is -0.938. The Morgan fingerprint density at radius 1 is 1.10 bits per heavy atom. The van der Waals surface area contributed by atoms with Gasteiger partial charge in [0, 0.05) is 47.5 Å². The number of aromatic nitrogens is 1. The number of likely N-dealkylation sites (tertiary alicyclic amines) is 1. The number of fused-ring (bicyclic) bond motifs is 1. The van der Waals surface area contributed by atoms with Crippen LogP contribution < -0.4 is 9.47 Å². The molecule has 1 aliphatic rings. The number of hydrogen-bond acceptors (Lipinski definition) is 8. The van der Waals surface area contributed by atoms with Crippen molar-refractivity contribution in [1.82, 2.24) is 10.1 Å². The number of hydrogen-bond donors (Lipinski definition) is 2. The van der Waals surface area contributed by atoms with E-state index >= 15 is 0 Å². The molecule has 0 amide bonds. The first-order valence-electron chi connectivity index (χ1n) is 12.8. The lowest BCUT2D eigenvalue weighted by atomic mass is 9.91. The molecule has 10 nitrogen and oxygen atoms in total. The lowest BCUT2D eigenvalue weighted by Crippen LogP contribution is -2.37. The number of halogens is 1. The lowest BCUT2D eigenvalue weighted by Gasteiger charge is -2.32. The molecule has 2 aromatic carbocycles. The fraction of sp³-hybridized carbons (Fsp3) is 0.379. The van der Waals surface area contributed by atoms with E-state index in [-0.39, 0.29) is 11.6 Å². The molecule has 40 heavy (non-hydrogen) atoms. The number of nitrogens with zero attached hydrogens (tertiary/aromatic N) is 2. The number of carboxylic acid groups (broad SMARTS) is 2. The summed E-state index contributed by atoms with van der Waals surface area (Å²) in [5.41, 5.74) is 2.06. The van der Waals surface area contributed by atoms with Gasteiger partial charge in [-0.2, -0.15) is 0 Å². The molecule has 0 radical (unpaired) electrons. The minimum Gasteiger partial charge on any atom is -0.493 e. The van der Waals surface area contributed by atoms with E-state index in [2.05, 4.69) is 17.0 Å². The van der Waals surface area contributed by atoms with Gasteiger partial charge in [-0.15, -0.1) is 0 Å². The summed E-state index contributed by atoms with van der Waals surface area (Å²) < 4.78 is 30.1. The molecule has 0 bridgehead atoms. The fourth-order valence-electron chi connectivity index (χ4n) is 4.49. The number of benzene rings is 2. The van der Waals surface area contributed by atoms with Crippen LogP contribution in [0, 0.1) is 11.7 Å². The zero-order valence-corrected chi connectivity index (χ0v) is 22.6. The Labute approximate surface area is 231 Å². The largest absolute Gasteiger partial charge is 0.493 e. The molecule has 11 heteroatoms. The summed E-state index contributed by atoms with van der Waals surface area (Å²) in [6.45, 7) is 7.15. The highest BCUT2D eigenvalue weighted by Gasteiger charge is 2.26. The number of ether oxygens (including phenoxy) is 2. The minimum atomic E-state index is -1.26. The third-order valence-electron chi connectivity index (χ3n) is 6.47. The van der Waals surface area contributed by atoms with Crippen LogP contribution in [0.2, 0.25) is 0 Å². The molecule has 1 aliphatic heterocycles. The van der Waals surface area contributed by atoms with Crippen molar-refractivity contribution in [3.05, 3.63) is 65.6 Å². The fourth-order valence-corrected chi connectivity index (χ4v) is 4.49. The Morgan fingerprint density at radius 2 is 1.77 bits per heavy atom. The molecular weight excluding hydrogens is 523 g/mol. The molecule has 1 fully saturated rings. The zero-order chi connectivity index (χ0) is 29.2. The predicted octanol–water partition coefficient (Wildman–Crippen LogP) is 4.78. The van der Waals surface area contributed by atoms with Crippen LogP contribution >= 0.6 is 0 Å². The van der Waals surface area contributed by atoms with Crippen LogP contribution in [0.15, 0.2) is 53.1 Å². The number of piperidine rings is 1. The van der Waals surface area contributed by atoms with Crippen LogP contribution in [-0.2, 0) is 9.59 Å². The molecular formula is C29H33FN2O8. The Morgan fingerprint density at radius 3 is 2.38 bits per heavy atom. The van der Waals surface area contributed by atoms with E-state index < -0.39 is 11.9 Å². The molecule has 0 saturated carbocycles. The summed E-state index contributed by atoms with van der Waals surface area (Å²) in [4.78, 5) is 33.1. The highest BCUT2D eigenvalue weighted by Crippen LogP contribution is 2.33. The Bertz CT molecular complexity index is 1350. The van der Waals surface area contributed by atoms with Crippen LogP contribution in [0.25, 0.3) is 11.0 Å². The van der Waals surface area contributed by atoms with Crippen LogP contribution in [0.4, 0.5) is 4.39 Å². The second-order valence-corrected chi connectivity index (χ2v) is 9.63. The molecule has 0 aliphatic carbocycles. The molecule has 3 aromatic rings. The number of carbonyl (C=O) groups is 3. The number of carbonyl (C=O) groups excluding carboxylic acids is 1. The van der Waals surface area contributed by atoms with Gasteiger partial charge < -0.3 is 29.1 Å². The van der Waals surface area contributed by atoms with Crippen LogP contribution in [-0.4, -0.2) is 71.3 Å². The number of carboxylic acids is 2. The molecule has 1 unspecified atom stereocenters. The van der Waals surface area contributed by atoms with Gasteiger partial charge in [0.25, 0.3) is 0 Å². The third kappa shape index (κ3) is 8.63. The van der Waals surface area contributed by atoms with E-state index in [0.717, 1.165) is 43.6 Å². The van der Waals surface area contributed by atoms with Crippen molar-refractivity contribution in [3.8, 4) is 11.5 Å². The van der Waals surface area contributed by atoms with Gasteiger partial charge in [-0.05, 0) is 63.2 Å². The van der Waals surface area contributed by atoms with E-state index in [0.29, 0.717) is 53.2 Å². The van der Waals surface area contributed by atoms with Crippen molar-refractivity contribution >= 4 is 28.7 Å². The molecule has 4 rings (SSSR count). The van der Waals surface area contributed by atoms with E-state index in [1.807, 2.05) is 0 Å². The summed E-state index contributed by atoms with van der Waals surface area (Å²) in [6.07, 6.45) is 3.10. The van der Waals surface area contributed by atoms with E-state index in [1.165, 1.54) is 19.1 Å². The van der Waals surface area contributed by atoms with Gasteiger partial charge in [0.2, 0.25) is 0 Å². The minimum absolute atomic E-state index is 0.00241. The SMILES string of the molecule is COc1cc(C(C)=O)ccc1OCC(C)CN1CCC(c2noc3cc(F)ccc23)CC1.O=C(O)/C=C/C(=O)O. The molecule has 214 valence electrons. The van der Waals surface area contributed by atoms with Crippen molar-refractivity contribution in [2.24, 2.45) is 5.92 Å². The molecule has 0 spiro atoms. The Hall–Kier alpha value is -4.25. The first kappa shape index (κ1) is 30.3. The summed E-state index contributed by atoms with van der Waals surface area (Å²) in [7, 11) is 1.58. The average molecular weight is 557 g/mol. The van der Waals surface area contributed by atoms with Crippen molar-refractivity contribution in [2.45, 2.75) is 32.6 Å². The highest BCUT2D eigenvalue weighted by molar-refractivity contribution is 5.94. The Balaban J connectivity index is 0.000000482. The smallest absolute Gasteiger partial charge is 0.328 e. The maximum absolute atomic E-state index is 13.4. The van der Waals surface area contributed by atoms with Gasteiger partial charge in [-0.3, -0.25) is 4.79 Å². The van der Waals surface area contributed by atoms with E-state index in [9.17, 15) is 18.8 Å². The number of rotatable bonds is 10. The van der Waals surface area contributed by atoms with Crippen LogP contribution in [0.5, 0.6) is 11.5 Å². The maximum Gasteiger partial charge on any atom is 0.328 e. The van der Waals surface area contributed by atoms with Crippen molar-refractivity contribution in [1.29, 1.82) is 0 Å².